The van der Waals surface area contributed by atoms with Gasteiger partial charge in [0.1, 0.15) is 5.60 Å². The molecular formula is C19H30N4O3. The van der Waals surface area contributed by atoms with E-state index in [0.29, 0.717) is 17.2 Å². The summed E-state index contributed by atoms with van der Waals surface area (Å²) >= 11 is 0. The maximum absolute atomic E-state index is 12.1. The van der Waals surface area contributed by atoms with Crippen LogP contribution in [-0.2, 0) is 4.74 Å². The highest BCUT2D eigenvalue weighted by Crippen LogP contribution is 2.24. The van der Waals surface area contributed by atoms with E-state index in [9.17, 15) is 9.59 Å². The number of carbonyl (C=O) groups excluding carboxylic acids is 2. The van der Waals surface area contributed by atoms with Crippen LogP contribution in [0, 0.1) is 5.92 Å². The summed E-state index contributed by atoms with van der Waals surface area (Å²) in [4.78, 5) is 25.0. The van der Waals surface area contributed by atoms with Crippen LogP contribution in [0.3, 0.4) is 0 Å². The van der Waals surface area contributed by atoms with Crippen molar-refractivity contribution < 1.29 is 14.3 Å². The summed E-state index contributed by atoms with van der Waals surface area (Å²) in [5, 5.41) is 3.31. The highest BCUT2D eigenvalue weighted by atomic mass is 16.6. The molecule has 1 aliphatic heterocycles. The van der Waals surface area contributed by atoms with Crippen LogP contribution in [0.2, 0.25) is 0 Å². The molecule has 0 bridgehead atoms. The molecule has 0 radical (unpaired) electrons. The molecule has 0 saturated carbocycles. The first-order valence-corrected chi connectivity index (χ1v) is 9.07. The van der Waals surface area contributed by atoms with Crippen molar-refractivity contribution in [2.24, 2.45) is 11.7 Å². The van der Waals surface area contributed by atoms with Crippen molar-refractivity contribution in [3.8, 4) is 0 Å². The molecule has 1 aromatic carbocycles. The zero-order valence-corrected chi connectivity index (χ0v) is 15.9. The summed E-state index contributed by atoms with van der Waals surface area (Å²) in [7, 11) is 0. The van der Waals surface area contributed by atoms with Gasteiger partial charge in [0.05, 0.1) is 11.4 Å². The standard InChI is InChI=1S/C19H30N4O3/c1-19(2,3)26-18(25)23-10-7-13(8-11-23)6-9-22-16-5-4-14(17(21)24)12-15(16)20/h4-5,12-13,22H,6-11,20H2,1-3H3,(H2,21,24). The van der Waals surface area contributed by atoms with E-state index in [1.54, 1.807) is 23.1 Å². The third kappa shape index (κ3) is 5.82. The Kier molecular flexibility index (Phi) is 6.34. The van der Waals surface area contributed by atoms with E-state index in [4.69, 9.17) is 16.2 Å². The fourth-order valence-corrected chi connectivity index (χ4v) is 3.02. The van der Waals surface area contributed by atoms with Gasteiger partial charge in [-0.1, -0.05) is 0 Å². The number of likely N-dealkylation sites (tertiary alicyclic amines) is 1. The van der Waals surface area contributed by atoms with Crippen LogP contribution in [0.4, 0.5) is 16.2 Å². The van der Waals surface area contributed by atoms with Crippen molar-refractivity contribution in [1.82, 2.24) is 4.90 Å². The van der Waals surface area contributed by atoms with E-state index in [-0.39, 0.29) is 6.09 Å². The Morgan fingerprint density at radius 1 is 1.27 bits per heavy atom. The van der Waals surface area contributed by atoms with E-state index in [2.05, 4.69) is 5.32 Å². The van der Waals surface area contributed by atoms with Gasteiger partial charge in [-0.25, -0.2) is 4.79 Å². The number of hydrogen-bond donors (Lipinski definition) is 3. The first-order valence-electron chi connectivity index (χ1n) is 9.07. The number of benzene rings is 1. The number of amides is 2. The number of nitrogens with one attached hydrogen (secondary N) is 1. The topological polar surface area (TPSA) is 111 Å². The minimum Gasteiger partial charge on any atom is -0.444 e. The zero-order chi connectivity index (χ0) is 19.3. The number of carbonyl (C=O) groups is 2. The lowest BCUT2D eigenvalue weighted by molar-refractivity contribution is 0.0182. The molecule has 1 aliphatic rings. The van der Waals surface area contributed by atoms with Crippen LogP contribution < -0.4 is 16.8 Å². The van der Waals surface area contributed by atoms with Gasteiger partial charge in [0.2, 0.25) is 5.91 Å². The summed E-state index contributed by atoms with van der Waals surface area (Å²) in [5.41, 5.74) is 12.5. The van der Waals surface area contributed by atoms with Crippen LogP contribution in [0.1, 0.15) is 50.4 Å². The molecule has 144 valence electrons. The molecule has 1 saturated heterocycles. The molecule has 26 heavy (non-hydrogen) atoms. The molecular weight excluding hydrogens is 332 g/mol. The lowest BCUT2D eigenvalue weighted by atomic mass is 9.93. The Bertz CT molecular complexity index is 647. The van der Waals surface area contributed by atoms with Crippen LogP contribution in [-0.4, -0.2) is 42.1 Å². The van der Waals surface area contributed by atoms with Crippen molar-refractivity contribution >= 4 is 23.4 Å². The maximum Gasteiger partial charge on any atom is 0.410 e. The van der Waals surface area contributed by atoms with Gasteiger partial charge >= 0.3 is 6.09 Å². The van der Waals surface area contributed by atoms with Crippen molar-refractivity contribution in [2.45, 2.75) is 45.6 Å². The van der Waals surface area contributed by atoms with Gasteiger partial charge < -0.3 is 26.4 Å². The zero-order valence-electron chi connectivity index (χ0n) is 15.9. The first-order chi connectivity index (χ1) is 12.2. The van der Waals surface area contributed by atoms with Gasteiger partial charge in [0.25, 0.3) is 0 Å². The Labute approximate surface area is 155 Å². The molecule has 0 aliphatic carbocycles. The largest absolute Gasteiger partial charge is 0.444 e. The summed E-state index contributed by atoms with van der Waals surface area (Å²) in [6, 6.07) is 5.03. The number of nitrogens with two attached hydrogens (primary N) is 2. The number of nitrogen functional groups attached to an aromatic ring is 1. The van der Waals surface area contributed by atoms with E-state index in [0.717, 1.165) is 44.6 Å². The summed E-state index contributed by atoms with van der Waals surface area (Å²) in [5.74, 6) is 0.0762. The normalized spacial score (nSPS) is 15.6. The maximum atomic E-state index is 12.1. The van der Waals surface area contributed by atoms with Gasteiger partial charge in [-0.2, -0.15) is 0 Å². The average Bonchev–Trinajstić information content (AvgIpc) is 2.55. The lowest BCUT2D eigenvalue weighted by Crippen LogP contribution is -2.41. The van der Waals surface area contributed by atoms with E-state index in [1.165, 1.54) is 0 Å². The molecule has 0 aromatic heterocycles. The second-order valence-corrected chi connectivity index (χ2v) is 7.79. The predicted octanol–water partition coefficient (Wildman–Crippen LogP) is 2.82. The summed E-state index contributed by atoms with van der Waals surface area (Å²) in [6.45, 7) is 7.89. The summed E-state index contributed by atoms with van der Waals surface area (Å²) in [6.07, 6.45) is 2.71. The number of hydrogen-bond acceptors (Lipinski definition) is 5. The molecule has 1 heterocycles. The molecule has 2 rings (SSSR count). The second kappa shape index (κ2) is 8.29. The summed E-state index contributed by atoms with van der Waals surface area (Å²) < 4.78 is 5.42. The van der Waals surface area contributed by atoms with Gasteiger partial charge in [0, 0.05) is 25.2 Å². The number of nitrogens with zero attached hydrogens (tertiary/aromatic N) is 1. The van der Waals surface area contributed by atoms with E-state index in [1.807, 2.05) is 20.8 Å². The van der Waals surface area contributed by atoms with Gasteiger partial charge in [0.15, 0.2) is 0 Å². The quantitative estimate of drug-likeness (QED) is 0.698. The molecule has 0 spiro atoms. The molecule has 7 nitrogen and oxygen atoms in total. The third-order valence-corrected chi connectivity index (χ3v) is 4.47. The minimum absolute atomic E-state index is 0.226. The number of anilines is 2. The molecule has 7 heteroatoms. The lowest BCUT2D eigenvalue weighted by Gasteiger charge is -2.33. The molecule has 0 unspecified atom stereocenters. The number of rotatable bonds is 5. The van der Waals surface area contributed by atoms with Crippen molar-refractivity contribution in [3.05, 3.63) is 23.8 Å². The number of ether oxygens (including phenoxy) is 1. The van der Waals surface area contributed by atoms with Crippen molar-refractivity contribution in [3.63, 3.8) is 0 Å². The highest BCUT2D eigenvalue weighted by Gasteiger charge is 2.26. The number of primary amides is 1. The third-order valence-electron chi connectivity index (χ3n) is 4.47. The molecule has 5 N–H and O–H groups in total. The Hall–Kier alpha value is -2.44. The predicted molar refractivity (Wildman–Crippen MR) is 103 cm³/mol. The van der Waals surface area contributed by atoms with Crippen LogP contribution in [0.25, 0.3) is 0 Å². The van der Waals surface area contributed by atoms with Gasteiger partial charge in [-0.05, 0) is 64.2 Å². The van der Waals surface area contributed by atoms with Crippen LogP contribution in [0.15, 0.2) is 18.2 Å². The average molecular weight is 362 g/mol. The minimum atomic E-state index is -0.486. The Morgan fingerprint density at radius 2 is 1.92 bits per heavy atom. The highest BCUT2D eigenvalue weighted by molar-refractivity contribution is 5.94. The van der Waals surface area contributed by atoms with Crippen molar-refractivity contribution in [2.75, 3.05) is 30.7 Å². The first kappa shape index (κ1) is 19.9. The van der Waals surface area contributed by atoms with Gasteiger partial charge in [-0.15, -0.1) is 0 Å². The smallest absolute Gasteiger partial charge is 0.410 e. The fraction of sp³-hybridized carbons (Fsp3) is 0.579. The van der Waals surface area contributed by atoms with E-state index < -0.39 is 11.5 Å². The second-order valence-electron chi connectivity index (χ2n) is 7.79. The van der Waals surface area contributed by atoms with E-state index >= 15 is 0 Å². The van der Waals surface area contributed by atoms with Crippen LogP contribution >= 0.6 is 0 Å². The van der Waals surface area contributed by atoms with Gasteiger partial charge in [-0.3, -0.25) is 4.79 Å². The van der Waals surface area contributed by atoms with Crippen LogP contribution in [0.5, 0.6) is 0 Å². The van der Waals surface area contributed by atoms with Crippen molar-refractivity contribution in [1.29, 1.82) is 0 Å². The molecule has 1 aromatic rings. The number of piperidine rings is 1. The monoisotopic (exact) mass is 362 g/mol. The molecule has 1 fully saturated rings. The molecule has 0 atom stereocenters. The Balaban J connectivity index is 1.74. The fourth-order valence-electron chi connectivity index (χ4n) is 3.02. The SMILES string of the molecule is CC(C)(C)OC(=O)N1CCC(CCNc2ccc(C(N)=O)cc2N)CC1. The molecule has 2 amide bonds. The Morgan fingerprint density at radius 3 is 2.46 bits per heavy atom.